The lowest BCUT2D eigenvalue weighted by Gasteiger charge is -2.26. The fourth-order valence-corrected chi connectivity index (χ4v) is 3.93. The third kappa shape index (κ3) is 4.41. The largest absolute Gasteiger partial charge is 0.350 e. The highest BCUT2D eigenvalue weighted by Gasteiger charge is 2.17. The predicted octanol–water partition coefficient (Wildman–Crippen LogP) is 3.61. The van der Waals surface area contributed by atoms with Crippen LogP contribution in [0.25, 0.3) is 10.6 Å². The number of hydrogen-bond acceptors (Lipinski definition) is 4. The van der Waals surface area contributed by atoms with E-state index in [4.69, 9.17) is 0 Å². The van der Waals surface area contributed by atoms with Crippen molar-refractivity contribution in [1.29, 1.82) is 0 Å². The lowest BCUT2D eigenvalue weighted by Crippen LogP contribution is -2.37. The number of carbonyl (C=O) groups is 1. The molecule has 4 nitrogen and oxygen atoms in total. The molecule has 1 aliphatic rings. The van der Waals surface area contributed by atoms with Crippen LogP contribution in [0, 0.1) is 18.6 Å². The highest BCUT2D eigenvalue weighted by molar-refractivity contribution is 7.17. The number of thiazole rings is 1. The molecule has 134 valence electrons. The fraction of sp³-hybridized carbons (Fsp3) is 0.444. The van der Waals surface area contributed by atoms with Crippen molar-refractivity contribution in [2.24, 2.45) is 0 Å². The molecule has 7 heteroatoms. The molecule has 0 spiro atoms. The maximum absolute atomic E-state index is 13.4. The Labute approximate surface area is 149 Å². The average molecular weight is 365 g/mol. The zero-order valence-corrected chi connectivity index (χ0v) is 15.0. The molecule has 0 radical (unpaired) electrons. The van der Waals surface area contributed by atoms with E-state index in [-0.39, 0.29) is 5.91 Å². The van der Waals surface area contributed by atoms with E-state index in [9.17, 15) is 13.6 Å². The second-order valence-electron chi connectivity index (χ2n) is 6.22. The number of nitrogens with zero attached hydrogens (tertiary/aromatic N) is 2. The van der Waals surface area contributed by atoms with Gasteiger partial charge in [-0.05, 0) is 51.1 Å². The summed E-state index contributed by atoms with van der Waals surface area (Å²) in [5.74, 6) is -1.98. The molecule has 0 saturated carbocycles. The third-order valence-electron chi connectivity index (χ3n) is 4.33. The molecule has 1 aliphatic heterocycles. The van der Waals surface area contributed by atoms with Crippen LogP contribution in [0.5, 0.6) is 0 Å². The summed E-state index contributed by atoms with van der Waals surface area (Å²) in [4.78, 5) is 19.6. The van der Waals surface area contributed by atoms with Gasteiger partial charge in [0.05, 0.1) is 5.69 Å². The number of carbonyl (C=O) groups excluding carboxylic acids is 1. The molecular formula is C18H21F2N3OS. The number of nitrogens with one attached hydrogen (secondary N) is 1. The summed E-state index contributed by atoms with van der Waals surface area (Å²) in [6, 6.07) is 3.64. The maximum atomic E-state index is 13.4. The summed E-state index contributed by atoms with van der Waals surface area (Å²) < 4.78 is 26.5. The summed E-state index contributed by atoms with van der Waals surface area (Å²) >= 11 is 1.20. The molecule has 0 atom stereocenters. The van der Waals surface area contributed by atoms with Gasteiger partial charge in [0.25, 0.3) is 5.91 Å². The Bertz CT molecular complexity index is 757. The Morgan fingerprint density at radius 3 is 2.72 bits per heavy atom. The molecule has 0 unspecified atom stereocenters. The molecule has 0 aliphatic carbocycles. The fourth-order valence-electron chi connectivity index (χ4n) is 2.95. The van der Waals surface area contributed by atoms with E-state index >= 15 is 0 Å². The van der Waals surface area contributed by atoms with Crippen LogP contribution in [0.4, 0.5) is 8.78 Å². The number of halogens is 2. The first-order chi connectivity index (χ1) is 12.0. The van der Waals surface area contributed by atoms with Gasteiger partial charge in [0.2, 0.25) is 0 Å². The topological polar surface area (TPSA) is 45.2 Å². The number of rotatable bonds is 5. The molecule has 2 aromatic rings. The van der Waals surface area contributed by atoms with Crippen molar-refractivity contribution in [3.63, 3.8) is 0 Å². The highest BCUT2D eigenvalue weighted by atomic mass is 32.1. The van der Waals surface area contributed by atoms with E-state index in [1.165, 1.54) is 36.7 Å². The van der Waals surface area contributed by atoms with Crippen LogP contribution in [-0.2, 0) is 0 Å². The first kappa shape index (κ1) is 17.9. The van der Waals surface area contributed by atoms with Gasteiger partial charge in [-0.15, -0.1) is 11.3 Å². The minimum Gasteiger partial charge on any atom is -0.350 e. The second-order valence-corrected chi connectivity index (χ2v) is 7.22. The minimum atomic E-state index is -0.919. The van der Waals surface area contributed by atoms with Crippen LogP contribution in [0.15, 0.2) is 18.2 Å². The van der Waals surface area contributed by atoms with E-state index in [0.29, 0.717) is 27.7 Å². The monoisotopic (exact) mass is 365 g/mol. The Morgan fingerprint density at radius 1 is 1.24 bits per heavy atom. The quantitative estimate of drug-likeness (QED) is 0.880. The third-order valence-corrected chi connectivity index (χ3v) is 5.54. The molecule has 25 heavy (non-hydrogen) atoms. The molecule has 0 bridgehead atoms. The van der Waals surface area contributed by atoms with Gasteiger partial charge >= 0.3 is 0 Å². The van der Waals surface area contributed by atoms with Crippen LogP contribution in [-0.4, -0.2) is 42.0 Å². The van der Waals surface area contributed by atoms with E-state index in [1.54, 1.807) is 6.92 Å². The van der Waals surface area contributed by atoms with Gasteiger partial charge in [0.1, 0.15) is 9.88 Å². The first-order valence-corrected chi connectivity index (χ1v) is 9.29. The Hall–Kier alpha value is -1.86. The summed E-state index contributed by atoms with van der Waals surface area (Å²) in [6.45, 7) is 5.38. The number of amides is 1. The van der Waals surface area contributed by atoms with Gasteiger partial charge in [-0.2, -0.15) is 0 Å². The molecule has 1 amide bonds. The summed E-state index contributed by atoms with van der Waals surface area (Å²) in [6.07, 6.45) is 3.73. The molecular weight excluding hydrogens is 344 g/mol. The predicted molar refractivity (Wildman–Crippen MR) is 94.8 cm³/mol. The smallest absolute Gasteiger partial charge is 0.263 e. The second kappa shape index (κ2) is 8.01. The standard InChI is InChI=1S/C18H21F2N3OS/c1-12-16(17(24)21-7-10-23-8-3-2-4-9-23)25-18(22-12)13-5-6-14(19)15(20)11-13/h5-6,11H,2-4,7-10H2,1H3,(H,21,24). The van der Waals surface area contributed by atoms with Crippen molar-refractivity contribution in [3.8, 4) is 10.6 Å². The average Bonchev–Trinajstić information content (AvgIpc) is 3.00. The molecule has 1 N–H and O–H groups in total. The van der Waals surface area contributed by atoms with Gasteiger partial charge in [-0.25, -0.2) is 13.8 Å². The number of aryl methyl sites for hydroxylation is 1. The van der Waals surface area contributed by atoms with Crippen LogP contribution in [0.1, 0.15) is 34.6 Å². The minimum absolute atomic E-state index is 0.166. The Morgan fingerprint density at radius 2 is 2.00 bits per heavy atom. The number of piperidine rings is 1. The van der Waals surface area contributed by atoms with Crippen molar-refractivity contribution in [1.82, 2.24) is 15.2 Å². The van der Waals surface area contributed by atoms with Gasteiger partial charge in [-0.1, -0.05) is 6.42 Å². The van der Waals surface area contributed by atoms with E-state index in [1.807, 2.05) is 0 Å². The van der Waals surface area contributed by atoms with Crippen LogP contribution in [0.3, 0.4) is 0 Å². The van der Waals surface area contributed by atoms with Gasteiger partial charge < -0.3 is 10.2 Å². The van der Waals surface area contributed by atoms with Gasteiger partial charge in [0, 0.05) is 18.7 Å². The number of aromatic nitrogens is 1. The number of likely N-dealkylation sites (tertiary alicyclic amines) is 1. The zero-order chi connectivity index (χ0) is 17.8. The zero-order valence-electron chi connectivity index (χ0n) is 14.1. The van der Waals surface area contributed by atoms with Crippen LogP contribution < -0.4 is 5.32 Å². The SMILES string of the molecule is Cc1nc(-c2ccc(F)c(F)c2)sc1C(=O)NCCN1CCCCC1. The molecule has 3 rings (SSSR count). The molecule has 1 fully saturated rings. The van der Waals surface area contributed by atoms with Crippen molar-refractivity contribution in [2.45, 2.75) is 26.2 Å². The number of hydrogen-bond donors (Lipinski definition) is 1. The summed E-state index contributed by atoms with van der Waals surface area (Å²) in [5.41, 5.74) is 1.07. The lowest BCUT2D eigenvalue weighted by atomic mass is 10.1. The van der Waals surface area contributed by atoms with Crippen molar-refractivity contribution in [2.75, 3.05) is 26.2 Å². The lowest BCUT2D eigenvalue weighted by molar-refractivity contribution is 0.0950. The molecule has 1 aromatic carbocycles. The normalized spacial score (nSPS) is 15.3. The van der Waals surface area contributed by atoms with Crippen molar-refractivity contribution >= 4 is 17.2 Å². The van der Waals surface area contributed by atoms with E-state index in [2.05, 4.69) is 15.2 Å². The summed E-state index contributed by atoms with van der Waals surface area (Å²) in [5, 5.41) is 3.44. The maximum Gasteiger partial charge on any atom is 0.263 e. The highest BCUT2D eigenvalue weighted by Crippen LogP contribution is 2.28. The molecule has 1 saturated heterocycles. The Balaban J connectivity index is 1.62. The number of benzene rings is 1. The van der Waals surface area contributed by atoms with Gasteiger partial charge in [-0.3, -0.25) is 4.79 Å². The van der Waals surface area contributed by atoms with Gasteiger partial charge in [0.15, 0.2) is 11.6 Å². The van der Waals surface area contributed by atoms with Crippen molar-refractivity contribution in [3.05, 3.63) is 40.4 Å². The van der Waals surface area contributed by atoms with Crippen LogP contribution in [0.2, 0.25) is 0 Å². The Kier molecular flexibility index (Phi) is 5.75. The van der Waals surface area contributed by atoms with Crippen LogP contribution >= 0.6 is 11.3 Å². The molecule has 2 heterocycles. The van der Waals surface area contributed by atoms with Crippen molar-refractivity contribution < 1.29 is 13.6 Å². The van der Waals surface area contributed by atoms with E-state index < -0.39 is 11.6 Å². The first-order valence-electron chi connectivity index (χ1n) is 8.48. The summed E-state index contributed by atoms with van der Waals surface area (Å²) in [7, 11) is 0. The van der Waals surface area contributed by atoms with E-state index in [0.717, 1.165) is 31.8 Å². The molecule has 1 aromatic heterocycles.